The highest BCUT2D eigenvalue weighted by atomic mass is 16.5. The third-order valence-corrected chi connectivity index (χ3v) is 6.83. The number of rotatable bonds is 9. The van der Waals surface area contributed by atoms with E-state index in [2.05, 4.69) is 22.8 Å². The number of carboxylic acid groups (broad SMARTS) is 1. The van der Waals surface area contributed by atoms with Crippen molar-refractivity contribution in [2.75, 3.05) is 6.61 Å². The molecular formula is C26H30N2O5. The van der Waals surface area contributed by atoms with Crippen LogP contribution in [0.5, 0.6) is 0 Å². The molecule has 0 aliphatic heterocycles. The molecule has 1 fully saturated rings. The number of amides is 2. The lowest BCUT2D eigenvalue weighted by Gasteiger charge is -2.30. The highest BCUT2D eigenvalue weighted by Gasteiger charge is 2.40. The largest absolute Gasteiger partial charge is 0.481 e. The van der Waals surface area contributed by atoms with Crippen molar-refractivity contribution in [1.82, 2.24) is 10.6 Å². The minimum Gasteiger partial charge on any atom is -0.481 e. The van der Waals surface area contributed by atoms with Gasteiger partial charge in [0.2, 0.25) is 5.91 Å². The van der Waals surface area contributed by atoms with Crippen LogP contribution < -0.4 is 10.6 Å². The first-order valence-electron chi connectivity index (χ1n) is 11.5. The normalized spacial score (nSPS) is 17.3. The Hall–Kier alpha value is -3.35. The molecule has 0 aromatic heterocycles. The topological polar surface area (TPSA) is 105 Å². The molecule has 0 saturated heterocycles. The van der Waals surface area contributed by atoms with E-state index >= 15 is 0 Å². The van der Waals surface area contributed by atoms with Crippen LogP contribution in [-0.2, 0) is 14.3 Å². The lowest BCUT2D eigenvalue weighted by molar-refractivity contribution is -0.138. The van der Waals surface area contributed by atoms with Crippen LogP contribution in [0.2, 0.25) is 0 Å². The Balaban J connectivity index is 1.40. The highest BCUT2D eigenvalue weighted by molar-refractivity contribution is 5.90. The van der Waals surface area contributed by atoms with Gasteiger partial charge < -0.3 is 20.5 Å². The molecule has 2 unspecified atom stereocenters. The fraction of sp³-hybridized carbons (Fsp3) is 0.423. The van der Waals surface area contributed by atoms with Gasteiger partial charge in [-0.05, 0) is 54.4 Å². The van der Waals surface area contributed by atoms with Crippen molar-refractivity contribution < 1.29 is 24.2 Å². The molecule has 2 atom stereocenters. The van der Waals surface area contributed by atoms with Gasteiger partial charge in [0.05, 0.1) is 6.42 Å². The average Bonchev–Trinajstić information content (AvgIpc) is 3.60. The average molecular weight is 451 g/mol. The number of alkyl carbamates (subject to hydrolysis) is 1. The summed E-state index contributed by atoms with van der Waals surface area (Å²) in [6.07, 6.45) is 1.36. The van der Waals surface area contributed by atoms with Gasteiger partial charge in [-0.3, -0.25) is 9.59 Å². The summed E-state index contributed by atoms with van der Waals surface area (Å²) in [7, 11) is 0. The van der Waals surface area contributed by atoms with Gasteiger partial charge in [-0.25, -0.2) is 4.79 Å². The third-order valence-electron chi connectivity index (χ3n) is 6.83. The van der Waals surface area contributed by atoms with Crippen LogP contribution in [0, 0.1) is 5.92 Å². The maximum absolute atomic E-state index is 13.0. The standard InChI is InChI=1S/C26H30N2O5/c1-3-26(2,24(31)27-22(14-23(29)30)16-12-13-16)28-25(32)33-15-21-19-10-6-4-8-17(19)18-9-5-7-11-20(18)21/h4-11,16,21-22H,3,12-15H2,1-2H3,(H,27,31)(H,28,32)(H,29,30). The molecule has 1 saturated carbocycles. The molecule has 3 N–H and O–H groups in total. The second-order valence-electron chi connectivity index (χ2n) is 9.15. The minimum atomic E-state index is -1.20. The smallest absolute Gasteiger partial charge is 0.408 e. The van der Waals surface area contributed by atoms with E-state index in [4.69, 9.17) is 9.84 Å². The van der Waals surface area contributed by atoms with Gasteiger partial charge in [-0.1, -0.05) is 55.5 Å². The summed E-state index contributed by atoms with van der Waals surface area (Å²) < 4.78 is 5.59. The van der Waals surface area contributed by atoms with E-state index in [0.717, 1.165) is 35.1 Å². The number of benzene rings is 2. The van der Waals surface area contributed by atoms with Crippen molar-refractivity contribution in [3.63, 3.8) is 0 Å². The Kier molecular flexibility index (Phi) is 6.40. The number of hydrogen-bond donors (Lipinski definition) is 3. The number of carboxylic acids is 1. The summed E-state index contributed by atoms with van der Waals surface area (Å²) in [5, 5.41) is 14.7. The fourth-order valence-corrected chi connectivity index (χ4v) is 4.52. The number of fused-ring (bicyclic) bond motifs is 3. The van der Waals surface area contributed by atoms with E-state index in [1.54, 1.807) is 13.8 Å². The maximum Gasteiger partial charge on any atom is 0.408 e. The van der Waals surface area contributed by atoms with Gasteiger partial charge in [-0.2, -0.15) is 0 Å². The van der Waals surface area contributed by atoms with Gasteiger partial charge in [0.1, 0.15) is 12.1 Å². The van der Waals surface area contributed by atoms with E-state index in [0.29, 0.717) is 6.42 Å². The van der Waals surface area contributed by atoms with Crippen molar-refractivity contribution in [2.45, 2.75) is 57.0 Å². The van der Waals surface area contributed by atoms with E-state index in [1.807, 2.05) is 36.4 Å². The number of carbonyl (C=O) groups excluding carboxylic acids is 2. The van der Waals surface area contributed by atoms with Crippen molar-refractivity contribution in [3.8, 4) is 11.1 Å². The molecule has 2 aromatic carbocycles. The quantitative estimate of drug-likeness (QED) is 0.534. The molecule has 174 valence electrons. The number of aliphatic carboxylic acids is 1. The zero-order valence-electron chi connectivity index (χ0n) is 19.0. The second kappa shape index (κ2) is 9.25. The van der Waals surface area contributed by atoms with Crippen molar-refractivity contribution in [2.24, 2.45) is 5.92 Å². The van der Waals surface area contributed by atoms with Crippen LogP contribution in [0.3, 0.4) is 0 Å². The van der Waals surface area contributed by atoms with Crippen LogP contribution in [0.1, 0.15) is 56.6 Å². The van der Waals surface area contributed by atoms with Crippen LogP contribution in [-0.4, -0.2) is 41.3 Å². The lowest BCUT2D eigenvalue weighted by Crippen LogP contribution is -2.58. The first-order valence-corrected chi connectivity index (χ1v) is 11.5. The summed E-state index contributed by atoms with van der Waals surface area (Å²) in [6, 6.07) is 15.8. The number of hydrogen-bond acceptors (Lipinski definition) is 4. The zero-order valence-corrected chi connectivity index (χ0v) is 19.0. The van der Waals surface area contributed by atoms with Gasteiger partial charge in [0.15, 0.2) is 0 Å². The second-order valence-corrected chi connectivity index (χ2v) is 9.15. The Morgan fingerprint density at radius 3 is 2.15 bits per heavy atom. The predicted octanol–water partition coefficient (Wildman–Crippen LogP) is 4.06. The Morgan fingerprint density at radius 1 is 1.06 bits per heavy atom. The van der Waals surface area contributed by atoms with Gasteiger partial charge >= 0.3 is 12.1 Å². The Labute approximate surface area is 193 Å². The van der Waals surface area contributed by atoms with Crippen LogP contribution in [0.25, 0.3) is 11.1 Å². The molecule has 2 aliphatic rings. The zero-order chi connectivity index (χ0) is 23.6. The van der Waals surface area contributed by atoms with Gasteiger partial charge in [0, 0.05) is 12.0 Å². The summed E-state index contributed by atoms with van der Waals surface area (Å²) in [4.78, 5) is 36.8. The summed E-state index contributed by atoms with van der Waals surface area (Å²) in [6.45, 7) is 3.59. The molecular weight excluding hydrogens is 420 g/mol. The molecule has 2 aliphatic carbocycles. The minimum absolute atomic E-state index is 0.0697. The van der Waals surface area contributed by atoms with E-state index in [-0.39, 0.29) is 24.9 Å². The molecule has 7 heteroatoms. The van der Waals surface area contributed by atoms with Crippen molar-refractivity contribution >= 4 is 18.0 Å². The summed E-state index contributed by atoms with van der Waals surface area (Å²) in [5.41, 5.74) is 3.31. The van der Waals surface area contributed by atoms with E-state index < -0.39 is 29.6 Å². The Bertz CT molecular complexity index is 1020. The van der Waals surface area contributed by atoms with Gasteiger partial charge in [-0.15, -0.1) is 0 Å². The molecule has 7 nitrogen and oxygen atoms in total. The monoisotopic (exact) mass is 450 g/mol. The van der Waals surface area contributed by atoms with Crippen molar-refractivity contribution in [3.05, 3.63) is 59.7 Å². The summed E-state index contributed by atoms with van der Waals surface area (Å²) >= 11 is 0. The van der Waals surface area contributed by atoms with Gasteiger partial charge in [0.25, 0.3) is 0 Å². The number of nitrogens with one attached hydrogen (secondary N) is 2. The first-order chi connectivity index (χ1) is 15.8. The molecule has 0 spiro atoms. The van der Waals surface area contributed by atoms with Crippen LogP contribution in [0.15, 0.2) is 48.5 Å². The maximum atomic E-state index is 13.0. The van der Waals surface area contributed by atoms with Crippen molar-refractivity contribution in [1.29, 1.82) is 0 Å². The van der Waals surface area contributed by atoms with Crippen LogP contribution >= 0.6 is 0 Å². The molecule has 0 bridgehead atoms. The molecule has 33 heavy (non-hydrogen) atoms. The predicted molar refractivity (Wildman–Crippen MR) is 124 cm³/mol. The number of ether oxygens (including phenoxy) is 1. The molecule has 4 rings (SSSR count). The lowest BCUT2D eigenvalue weighted by atomic mass is 9.96. The molecule has 0 radical (unpaired) electrons. The third kappa shape index (κ3) is 4.87. The van der Waals surface area contributed by atoms with E-state index in [1.165, 1.54) is 0 Å². The molecule has 2 amide bonds. The molecule has 0 heterocycles. The first kappa shape index (κ1) is 22.8. The summed E-state index contributed by atoms with van der Waals surface area (Å²) in [5.74, 6) is -1.23. The number of carbonyl (C=O) groups is 3. The fourth-order valence-electron chi connectivity index (χ4n) is 4.52. The molecule has 2 aromatic rings. The van der Waals surface area contributed by atoms with E-state index in [9.17, 15) is 14.4 Å². The highest BCUT2D eigenvalue weighted by Crippen LogP contribution is 2.44. The van der Waals surface area contributed by atoms with Crippen LogP contribution in [0.4, 0.5) is 4.79 Å². The Morgan fingerprint density at radius 2 is 1.64 bits per heavy atom. The SMILES string of the molecule is CCC(C)(NC(=O)OCC1c2ccccc2-c2ccccc21)C(=O)NC(CC(=O)O)C1CC1.